The number of hydrogen-bond acceptors (Lipinski definition) is 1. The van der Waals surface area contributed by atoms with E-state index in [1.165, 1.54) is 5.56 Å². The summed E-state index contributed by atoms with van der Waals surface area (Å²) < 4.78 is 0. The van der Waals surface area contributed by atoms with Gasteiger partial charge in [0.15, 0.2) is 0 Å². The monoisotopic (exact) mass is 288 g/mol. The topological polar surface area (TPSA) is 41.1 Å². The molecule has 0 unspecified atom stereocenters. The second-order valence-corrected chi connectivity index (χ2v) is 5.03. The number of urea groups is 1. The van der Waals surface area contributed by atoms with E-state index in [1.54, 1.807) is 0 Å². The molecule has 2 amide bonds. The fourth-order valence-corrected chi connectivity index (χ4v) is 1.96. The zero-order valence-electron chi connectivity index (χ0n) is 11.3. The Bertz CT molecular complexity index is 581. The second-order valence-electron chi connectivity index (χ2n) is 4.59. The summed E-state index contributed by atoms with van der Waals surface area (Å²) in [6.45, 7) is 3.04. The van der Waals surface area contributed by atoms with Gasteiger partial charge in [-0.05, 0) is 35.7 Å². The molecule has 0 spiro atoms. The largest absolute Gasteiger partial charge is 0.334 e. The van der Waals surface area contributed by atoms with Crippen molar-refractivity contribution in [3.05, 3.63) is 70.2 Å². The molecule has 0 aliphatic carbocycles. The van der Waals surface area contributed by atoms with Crippen molar-refractivity contribution in [2.24, 2.45) is 0 Å². The number of hydrogen-bond donors (Lipinski definition) is 2. The van der Waals surface area contributed by atoms with Crippen LogP contribution >= 0.6 is 11.6 Å². The van der Waals surface area contributed by atoms with Crippen LogP contribution in [0.15, 0.2) is 48.5 Å². The van der Waals surface area contributed by atoms with Crippen LogP contribution in [0.5, 0.6) is 0 Å². The van der Waals surface area contributed by atoms with Crippen molar-refractivity contribution in [2.75, 3.05) is 0 Å². The van der Waals surface area contributed by atoms with E-state index in [0.717, 1.165) is 11.1 Å². The lowest BCUT2D eigenvalue weighted by Gasteiger charge is -2.09. The summed E-state index contributed by atoms with van der Waals surface area (Å²) in [5, 5.41) is 6.35. The van der Waals surface area contributed by atoms with Gasteiger partial charge in [0.1, 0.15) is 0 Å². The highest BCUT2D eigenvalue weighted by atomic mass is 35.5. The third-order valence-corrected chi connectivity index (χ3v) is 3.32. The number of amides is 2. The summed E-state index contributed by atoms with van der Waals surface area (Å²) in [5.74, 6) is 0. The van der Waals surface area contributed by atoms with Crippen molar-refractivity contribution in [2.45, 2.75) is 20.0 Å². The van der Waals surface area contributed by atoms with Crippen LogP contribution in [0, 0.1) is 6.92 Å². The fraction of sp³-hybridized carbons (Fsp3) is 0.188. The van der Waals surface area contributed by atoms with E-state index in [4.69, 9.17) is 11.6 Å². The van der Waals surface area contributed by atoms with Crippen LogP contribution in [0.4, 0.5) is 4.79 Å². The molecule has 0 saturated heterocycles. The molecule has 20 heavy (non-hydrogen) atoms. The van der Waals surface area contributed by atoms with Crippen LogP contribution in [-0.2, 0) is 13.1 Å². The summed E-state index contributed by atoms with van der Waals surface area (Å²) in [4.78, 5) is 11.7. The Hall–Kier alpha value is -2.00. The zero-order chi connectivity index (χ0) is 14.4. The first-order valence-electron chi connectivity index (χ1n) is 6.46. The van der Waals surface area contributed by atoms with Gasteiger partial charge in [-0.2, -0.15) is 0 Å². The number of nitrogens with one attached hydrogen (secondary N) is 2. The predicted octanol–water partition coefficient (Wildman–Crippen LogP) is 3.65. The van der Waals surface area contributed by atoms with Crippen molar-refractivity contribution in [1.82, 2.24) is 10.6 Å². The molecule has 0 aliphatic heterocycles. The Morgan fingerprint density at radius 2 is 1.65 bits per heavy atom. The maximum atomic E-state index is 11.7. The van der Waals surface area contributed by atoms with Crippen molar-refractivity contribution >= 4 is 17.6 Å². The Kier molecular flexibility index (Phi) is 5.02. The number of halogens is 1. The maximum Gasteiger partial charge on any atom is 0.315 e. The molecule has 0 bridgehead atoms. The Morgan fingerprint density at radius 1 is 1.00 bits per heavy atom. The Labute approximate surface area is 124 Å². The first-order valence-corrected chi connectivity index (χ1v) is 6.83. The maximum absolute atomic E-state index is 11.7. The fourth-order valence-electron chi connectivity index (χ4n) is 1.83. The Morgan fingerprint density at radius 3 is 2.35 bits per heavy atom. The van der Waals surface area contributed by atoms with E-state index in [2.05, 4.69) is 10.6 Å². The van der Waals surface area contributed by atoms with Gasteiger partial charge in [-0.1, -0.05) is 48.0 Å². The average Bonchev–Trinajstić information content (AvgIpc) is 2.46. The van der Waals surface area contributed by atoms with E-state index in [0.29, 0.717) is 18.1 Å². The van der Waals surface area contributed by atoms with Crippen LogP contribution in [0.25, 0.3) is 0 Å². The number of carbonyl (C=O) groups is 1. The van der Waals surface area contributed by atoms with Gasteiger partial charge < -0.3 is 10.6 Å². The van der Waals surface area contributed by atoms with Crippen LogP contribution in [0.3, 0.4) is 0 Å². The highest BCUT2D eigenvalue weighted by Crippen LogP contribution is 2.09. The van der Waals surface area contributed by atoms with Gasteiger partial charge in [-0.15, -0.1) is 0 Å². The molecule has 0 saturated carbocycles. The minimum absolute atomic E-state index is 0.178. The molecule has 2 aromatic carbocycles. The van der Waals surface area contributed by atoms with Gasteiger partial charge in [0.05, 0.1) is 0 Å². The van der Waals surface area contributed by atoms with Gasteiger partial charge in [0.25, 0.3) is 0 Å². The van der Waals surface area contributed by atoms with Gasteiger partial charge >= 0.3 is 6.03 Å². The third-order valence-electron chi connectivity index (χ3n) is 3.07. The number of aryl methyl sites for hydroxylation is 1. The van der Waals surface area contributed by atoms with Crippen molar-refractivity contribution in [3.8, 4) is 0 Å². The lowest BCUT2D eigenvalue weighted by atomic mass is 10.1. The van der Waals surface area contributed by atoms with Crippen LogP contribution in [-0.4, -0.2) is 6.03 Å². The molecule has 3 nitrogen and oxygen atoms in total. The SMILES string of the molecule is Cc1ccccc1CNC(=O)NCc1ccc(Cl)cc1. The third kappa shape index (κ3) is 4.28. The highest BCUT2D eigenvalue weighted by Gasteiger charge is 2.02. The standard InChI is InChI=1S/C16H17ClN2O/c1-12-4-2-3-5-14(12)11-19-16(20)18-10-13-6-8-15(17)9-7-13/h2-9H,10-11H2,1H3,(H2,18,19,20). The molecule has 0 radical (unpaired) electrons. The van der Waals surface area contributed by atoms with Gasteiger partial charge in [0, 0.05) is 18.1 Å². The molecular weight excluding hydrogens is 272 g/mol. The Balaban J connectivity index is 1.78. The van der Waals surface area contributed by atoms with Crippen molar-refractivity contribution in [3.63, 3.8) is 0 Å². The van der Waals surface area contributed by atoms with Crippen LogP contribution < -0.4 is 10.6 Å². The molecule has 0 atom stereocenters. The van der Waals surface area contributed by atoms with E-state index in [9.17, 15) is 4.79 Å². The second kappa shape index (κ2) is 6.96. The summed E-state index contributed by atoms with van der Waals surface area (Å²) >= 11 is 5.81. The number of rotatable bonds is 4. The number of carbonyl (C=O) groups excluding carboxylic acids is 1. The summed E-state index contributed by atoms with van der Waals surface area (Å²) in [7, 11) is 0. The summed E-state index contributed by atoms with van der Waals surface area (Å²) in [5.41, 5.74) is 3.31. The molecule has 0 aliphatic rings. The summed E-state index contributed by atoms with van der Waals surface area (Å²) in [6, 6.07) is 15.2. The summed E-state index contributed by atoms with van der Waals surface area (Å²) in [6.07, 6.45) is 0. The lowest BCUT2D eigenvalue weighted by molar-refractivity contribution is 0.240. The quantitative estimate of drug-likeness (QED) is 0.886. The number of benzene rings is 2. The molecule has 0 aromatic heterocycles. The van der Waals surface area contributed by atoms with Crippen molar-refractivity contribution in [1.29, 1.82) is 0 Å². The molecule has 2 aromatic rings. The molecule has 0 fully saturated rings. The van der Waals surface area contributed by atoms with E-state index in [1.807, 2.05) is 55.5 Å². The molecule has 2 rings (SSSR count). The van der Waals surface area contributed by atoms with E-state index >= 15 is 0 Å². The lowest BCUT2D eigenvalue weighted by Crippen LogP contribution is -2.34. The minimum atomic E-state index is -0.178. The normalized spacial score (nSPS) is 10.1. The van der Waals surface area contributed by atoms with Crippen LogP contribution in [0.2, 0.25) is 5.02 Å². The predicted molar refractivity (Wildman–Crippen MR) is 81.7 cm³/mol. The molecule has 4 heteroatoms. The van der Waals surface area contributed by atoms with Gasteiger partial charge in [-0.25, -0.2) is 4.79 Å². The molecule has 0 heterocycles. The molecule has 104 valence electrons. The first kappa shape index (κ1) is 14.4. The average molecular weight is 289 g/mol. The van der Waals surface area contributed by atoms with Gasteiger partial charge in [-0.3, -0.25) is 0 Å². The van der Waals surface area contributed by atoms with Crippen LogP contribution in [0.1, 0.15) is 16.7 Å². The van der Waals surface area contributed by atoms with E-state index in [-0.39, 0.29) is 6.03 Å². The molecule has 2 N–H and O–H groups in total. The molecular formula is C16H17ClN2O. The minimum Gasteiger partial charge on any atom is -0.334 e. The van der Waals surface area contributed by atoms with Crippen molar-refractivity contribution < 1.29 is 4.79 Å². The van der Waals surface area contributed by atoms with Gasteiger partial charge in [0.2, 0.25) is 0 Å². The smallest absolute Gasteiger partial charge is 0.315 e. The zero-order valence-corrected chi connectivity index (χ0v) is 12.1. The first-order chi connectivity index (χ1) is 9.65. The highest BCUT2D eigenvalue weighted by molar-refractivity contribution is 6.30. The van der Waals surface area contributed by atoms with E-state index < -0.39 is 0 Å².